The lowest BCUT2D eigenvalue weighted by molar-refractivity contribution is 0.0682. The van der Waals surface area contributed by atoms with E-state index in [1.165, 1.54) is 51.5 Å². The first-order valence-corrected chi connectivity index (χ1v) is 8.85. The second-order valence-electron chi connectivity index (χ2n) is 8.35. The molecule has 2 atom stereocenters. The molecule has 0 bridgehead atoms. The van der Waals surface area contributed by atoms with Crippen LogP contribution in [-0.2, 0) is 0 Å². The topological polar surface area (TPSA) is 32.3 Å². The van der Waals surface area contributed by atoms with Gasteiger partial charge in [0.05, 0.1) is 6.10 Å². The molecule has 0 amide bonds. The number of nitrogens with one attached hydrogen (secondary N) is 1. The van der Waals surface area contributed by atoms with Gasteiger partial charge in [-0.05, 0) is 68.2 Å². The van der Waals surface area contributed by atoms with Crippen LogP contribution >= 0.6 is 0 Å². The number of aliphatic hydroxyl groups excluding tert-OH is 1. The van der Waals surface area contributed by atoms with E-state index in [0.717, 1.165) is 24.8 Å². The lowest BCUT2D eigenvalue weighted by atomic mass is 9.70. The summed E-state index contributed by atoms with van der Waals surface area (Å²) in [4.78, 5) is 0. The van der Waals surface area contributed by atoms with Crippen LogP contribution < -0.4 is 5.32 Å². The van der Waals surface area contributed by atoms with Crippen LogP contribution in [0.25, 0.3) is 0 Å². The molecule has 118 valence electrons. The van der Waals surface area contributed by atoms with Crippen LogP contribution in [0.2, 0.25) is 0 Å². The highest BCUT2D eigenvalue weighted by Crippen LogP contribution is 2.39. The summed E-state index contributed by atoms with van der Waals surface area (Å²) in [5.41, 5.74) is 0.491. The number of aliphatic hydroxyl groups is 1. The summed E-state index contributed by atoms with van der Waals surface area (Å²) in [5, 5.41) is 13.6. The second kappa shape index (κ2) is 7.26. The molecule has 2 N–H and O–H groups in total. The molecule has 0 radical (unpaired) electrons. The third-order valence-electron chi connectivity index (χ3n) is 5.78. The Labute approximate surface area is 125 Å². The van der Waals surface area contributed by atoms with Crippen molar-refractivity contribution in [3.63, 3.8) is 0 Å². The summed E-state index contributed by atoms with van der Waals surface area (Å²) in [5.74, 6) is 2.29. The van der Waals surface area contributed by atoms with Crippen LogP contribution in [0.1, 0.15) is 72.1 Å². The molecule has 2 aliphatic carbocycles. The molecule has 2 heteroatoms. The zero-order chi connectivity index (χ0) is 14.6. The summed E-state index contributed by atoms with van der Waals surface area (Å²) in [6.07, 6.45) is 10.3. The maximum atomic E-state index is 9.99. The van der Waals surface area contributed by atoms with Gasteiger partial charge in [-0.15, -0.1) is 0 Å². The molecule has 20 heavy (non-hydrogen) atoms. The molecule has 2 unspecified atom stereocenters. The third kappa shape index (κ3) is 4.73. The van der Waals surface area contributed by atoms with Crippen molar-refractivity contribution in [1.29, 1.82) is 0 Å². The summed E-state index contributed by atoms with van der Waals surface area (Å²) in [6, 6.07) is 0. The monoisotopic (exact) mass is 281 g/mol. The van der Waals surface area contributed by atoms with Gasteiger partial charge in [-0.2, -0.15) is 0 Å². The Morgan fingerprint density at radius 1 is 0.900 bits per heavy atom. The van der Waals surface area contributed by atoms with E-state index in [0.29, 0.717) is 11.3 Å². The number of hydrogen-bond donors (Lipinski definition) is 2. The van der Waals surface area contributed by atoms with Crippen molar-refractivity contribution < 1.29 is 5.11 Å². The van der Waals surface area contributed by atoms with Gasteiger partial charge in [-0.1, -0.05) is 33.6 Å². The lowest BCUT2D eigenvalue weighted by Crippen LogP contribution is -2.37. The van der Waals surface area contributed by atoms with Crippen molar-refractivity contribution in [2.45, 2.75) is 78.2 Å². The minimum atomic E-state index is -0.0483. The van der Waals surface area contributed by atoms with Gasteiger partial charge in [-0.3, -0.25) is 0 Å². The molecule has 0 aromatic heterocycles. The van der Waals surface area contributed by atoms with Gasteiger partial charge >= 0.3 is 0 Å². The Hall–Kier alpha value is -0.0800. The molecule has 0 aromatic rings. The van der Waals surface area contributed by atoms with Crippen LogP contribution in [0.3, 0.4) is 0 Å². The zero-order valence-electron chi connectivity index (χ0n) is 13.8. The smallest absolute Gasteiger partial charge is 0.0580 e. The van der Waals surface area contributed by atoms with Crippen molar-refractivity contribution in [2.75, 3.05) is 13.1 Å². The zero-order valence-corrected chi connectivity index (χ0v) is 13.8. The van der Waals surface area contributed by atoms with E-state index in [1.54, 1.807) is 0 Å². The number of hydrogen-bond acceptors (Lipinski definition) is 2. The molecule has 2 aliphatic rings. The van der Waals surface area contributed by atoms with Crippen LogP contribution in [0, 0.1) is 23.2 Å². The van der Waals surface area contributed by atoms with Crippen molar-refractivity contribution in [2.24, 2.45) is 23.2 Å². The van der Waals surface area contributed by atoms with Gasteiger partial charge in [0.15, 0.2) is 0 Å². The second-order valence-corrected chi connectivity index (χ2v) is 8.35. The molecule has 0 heterocycles. The predicted molar refractivity (Wildman–Crippen MR) is 85.7 cm³/mol. The minimum absolute atomic E-state index is 0.0483. The molecule has 2 nitrogen and oxygen atoms in total. The first-order chi connectivity index (χ1) is 9.47. The maximum absolute atomic E-state index is 9.99. The maximum Gasteiger partial charge on any atom is 0.0580 e. The van der Waals surface area contributed by atoms with E-state index in [-0.39, 0.29) is 6.10 Å². The van der Waals surface area contributed by atoms with Crippen LogP contribution in [0.5, 0.6) is 0 Å². The Morgan fingerprint density at radius 2 is 1.55 bits per heavy atom. The quantitative estimate of drug-likeness (QED) is 0.817. The first kappa shape index (κ1) is 16.3. The molecule has 0 spiro atoms. The van der Waals surface area contributed by atoms with Gasteiger partial charge in [0.1, 0.15) is 0 Å². The Bertz CT molecular complexity index is 276. The van der Waals surface area contributed by atoms with E-state index in [9.17, 15) is 5.11 Å². The average Bonchev–Trinajstić information content (AvgIpc) is 2.40. The normalized spacial score (nSPS) is 36.0. The van der Waals surface area contributed by atoms with Gasteiger partial charge in [-0.25, -0.2) is 0 Å². The standard InChI is InChI=1S/C18H35NO/c1-18(2,3)16-10-8-14(9-11-16)12-19-13-15-6-4-5-7-17(15)20/h14-17,19-20H,4-13H2,1-3H3. The fraction of sp³-hybridized carbons (Fsp3) is 1.00. The molecule has 2 rings (SSSR count). The number of rotatable bonds is 4. The van der Waals surface area contributed by atoms with Crippen LogP contribution in [0.4, 0.5) is 0 Å². The fourth-order valence-electron chi connectivity index (χ4n) is 4.13. The van der Waals surface area contributed by atoms with E-state index in [1.807, 2.05) is 0 Å². The van der Waals surface area contributed by atoms with E-state index < -0.39 is 0 Å². The highest BCUT2D eigenvalue weighted by atomic mass is 16.3. The molecule has 0 aromatic carbocycles. The highest BCUT2D eigenvalue weighted by molar-refractivity contribution is 4.82. The van der Waals surface area contributed by atoms with Crippen LogP contribution in [0.15, 0.2) is 0 Å². The third-order valence-corrected chi connectivity index (χ3v) is 5.78. The molecule has 2 saturated carbocycles. The lowest BCUT2D eigenvalue weighted by Gasteiger charge is -2.37. The molecular formula is C18H35NO. The van der Waals surface area contributed by atoms with Gasteiger partial charge in [0.25, 0.3) is 0 Å². The minimum Gasteiger partial charge on any atom is -0.393 e. The molecule has 0 saturated heterocycles. The molecular weight excluding hydrogens is 246 g/mol. The predicted octanol–water partition coefficient (Wildman–Crippen LogP) is 3.98. The van der Waals surface area contributed by atoms with Gasteiger partial charge in [0, 0.05) is 6.54 Å². The summed E-state index contributed by atoms with van der Waals surface area (Å²) >= 11 is 0. The average molecular weight is 281 g/mol. The molecule has 0 aliphatic heterocycles. The Balaban J connectivity index is 1.61. The fourth-order valence-corrected chi connectivity index (χ4v) is 4.13. The van der Waals surface area contributed by atoms with E-state index in [4.69, 9.17) is 0 Å². The van der Waals surface area contributed by atoms with Gasteiger partial charge < -0.3 is 10.4 Å². The van der Waals surface area contributed by atoms with Crippen molar-refractivity contribution >= 4 is 0 Å². The van der Waals surface area contributed by atoms with Crippen LogP contribution in [-0.4, -0.2) is 24.3 Å². The first-order valence-electron chi connectivity index (χ1n) is 8.85. The SMILES string of the molecule is CC(C)(C)C1CCC(CNCC2CCCCC2O)CC1. The Morgan fingerprint density at radius 3 is 2.15 bits per heavy atom. The van der Waals surface area contributed by atoms with Crippen molar-refractivity contribution in [3.05, 3.63) is 0 Å². The molecule has 2 fully saturated rings. The largest absolute Gasteiger partial charge is 0.393 e. The highest BCUT2D eigenvalue weighted by Gasteiger charge is 2.29. The van der Waals surface area contributed by atoms with Gasteiger partial charge in [0.2, 0.25) is 0 Å². The van der Waals surface area contributed by atoms with E-state index >= 15 is 0 Å². The summed E-state index contributed by atoms with van der Waals surface area (Å²) in [6.45, 7) is 9.36. The van der Waals surface area contributed by atoms with E-state index in [2.05, 4.69) is 26.1 Å². The van der Waals surface area contributed by atoms with Crippen molar-refractivity contribution in [1.82, 2.24) is 5.32 Å². The summed E-state index contributed by atoms with van der Waals surface area (Å²) in [7, 11) is 0. The summed E-state index contributed by atoms with van der Waals surface area (Å²) < 4.78 is 0. The Kier molecular flexibility index (Phi) is 5.92. The van der Waals surface area contributed by atoms with Crippen molar-refractivity contribution in [3.8, 4) is 0 Å².